The molecule has 0 aliphatic rings. The van der Waals surface area contributed by atoms with Crippen molar-refractivity contribution in [1.29, 1.82) is 0 Å². The first-order chi connectivity index (χ1) is 8.17. The molecule has 3 nitrogen and oxygen atoms in total. The second kappa shape index (κ2) is 6.94. The lowest BCUT2D eigenvalue weighted by molar-refractivity contribution is 0.0600. The van der Waals surface area contributed by atoms with Crippen molar-refractivity contribution >= 4 is 5.97 Å². The summed E-state index contributed by atoms with van der Waals surface area (Å²) in [5.41, 5.74) is 0.543. The van der Waals surface area contributed by atoms with Gasteiger partial charge in [0.25, 0.3) is 0 Å². The maximum Gasteiger partial charge on any atom is 0.337 e. The van der Waals surface area contributed by atoms with Gasteiger partial charge >= 0.3 is 5.97 Å². The quantitative estimate of drug-likeness (QED) is 0.711. The molecule has 0 radical (unpaired) electrons. The number of hydrogen-bond acceptors (Lipinski definition) is 3. The van der Waals surface area contributed by atoms with Crippen molar-refractivity contribution in [2.24, 2.45) is 5.92 Å². The van der Waals surface area contributed by atoms with Gasteiger partial charge in [-0.1, -0.05) is 20.3 Å². The fraction of sp³-hybridized carbons (Fsp3) is 0.500. The van der Waals surface area contributed by atoms with Crippen LogP contribution in [-0.4, -0.2) is 19.7 Å². The second-order valence-electron chi connectivity index (χ2n) is 4.22. The summed E-state index contributed by atoms with van der Waals surface area (Å²) in [6.07, 6.45) is 2.34. The summed E-state index contributed by atoms with van der Waals surface area (Å²) in [6.45, 7) is 5.05. The predicted octanol–water partition coefficient (Wildman–Crippen LogP) is 3.29. The van der Waals surface area contributed by atoms with Gasteiger partial charge < -0.3 is 9.47 Å². The lowest BCUT2D eigenvalue weighted by atomic mass is 10.1. The Bertz CT molecular complexity index is 343. The fourth-order valence-corrected chi connectivity index (χ4v) is 1.62. The van der Waals surface area contributed by atoms with Gasteiger partial charge in [-0.25, -0.2) is 4.79 Å². The number of carbonyl (C=O) groups is 1. The molecule has 1 atom stereocenters. The van der Waals surface area contributed by atoms with Crippen LogP contribution in [0.15, 0.2) is 24.3 Å². The third kappa shape index (κ3) is 4.47. The molecular weight excluding hydrogens is 216 g/mol. The molecule has 0 bridgehead atoms. The molecule has 0 aliphatic heterocycles. The van der Waals surface area contributed by atoms with Crippen LogP contribution in [0.5, 0.6) is 5.75 Å². The number of hydrogen-bond donors (Lipinski definition) is 0. The van der Waals surface area contributed by atoms with Crippen molar-refractivity contribution in [2.75, 3.05) is 13.7 Å². The molecule has 1 aromatic carbocycles. The minimum absolute atomic E-state index is 0.323. The minimum atomic E-state index is -0.323. The van der Waals surface area contributed by atoms with E-state index in [1.807, 2.05) is 0 Å². The average molecular weight is 236 g/mol. The van der Waals surface area contributed by atoms with E-state index in [2.05, 4.69) is 18.6 Å². The fourth-order valence-electron chi connectivity index (χ4n) is 1.62. The third-order valence-corrected chi connectivity index (χ3v) is 2.59. The molecule has 3 heteroatoms. The van der Waals surface area contributed by atoms with E-state index in [9.17, 15) is 4.79 Å². The Morgan fingerprint density at radius 2 is 1.94 bits per heavy atom. The number of rotatable bonds is 6. The lowest BCUT2D eigenvalue weighted by Crippen LogP contribution is -2.08. The molecule has 1 rings (SSSR count). The van der Waals surface area contributed by atoms with E-state index in [1.165, 1.54) is 20.0 Å². The zero-order valence-electron chi connectivity index (χ0n) is 10.7. The van der Waals surface area contributed by atoms with Gasteiger partial charge in [0.05, 0.1) is 19.3 Å². The first-order valence-corrected chi connectivity index (χ1v) is 5.98. The largest absolute Gasteiger partial charge is 0.493 e. The summed E-state index contributed by atoms with van der Waals surface area (Å²) >= 11 is 0. The van der Waals surface area contributed by atoms with Crippen LogP contribution in [0, 0.1) is 5.92 Å². The SMILES string of the molecule is CCCC(C)COc1ccc(C(=O)OC)cc1. The normalized spacial score (nSPS) is 11.9. The highest BCUT2D eigenvalue weighted by molar-refractivity contribution is 5.89. The molecule has 1 aromatic rings. The van der Waals surface area contributed by atoms with E-state index < -0.39 is 0 Å². The predicted molar refractivity (Wildman–Crippen MR) is 67.3 cm³/mol. The summed E-state index contributed by atoms with van der Waals surface area (Å²) in [5.74, 6) is 1.02. The maximum atomic E-state index is 11.2. The van der Waals surface area contributed by atoms with Crippen molar-refractivity contribution in [3.8, 4) is 5.75 Å². The Balaban J connectivity index is 2.48. The van der Waals surface area contributed by atoms with Crippen LogP contribution in [0.25, 0.3) is 0 Å². The van der Waals surface area contributed by atoms with E-state index in [-0.39, 0.29) is 5.97 Å². The van der Waals surface area contributed by atoms with Crippen molar-refractivity contribution in [3.63, 3.8) is 0 Å². The molecule has 17 heavy (non-hydrogen) atoms. The Hall–Kier alpha value is -1.51. The molecule has 0 aliphatic carbocycles. The van der Waals surface area contributed by atoms with Crippen molar-refractivity contribution < 1.29 is 14.3 Å². The van der Waals surface area contributed by atoms with E-state index in [4.69, 9.17) is 4.74 Å². The number of carbonyl (C=O) groups excluding carboxylic acids is 1. The smallest absolute Gasteiger partial charge is 0.337 e. The topological polar surface area (TPSA) is 35.5 Å². The molecular formula is C14H20O3. The Morgan fingerprint density at radius 1 is 1.29 bits per heavy atom. The van der Waals surface area contributed by atoms with Crippen LogP contribution in [0.2, 0.25) is 0 Å². The van der Waals surface area contributed by atoms with Gasteiger partial charge in [0.1, 0.15) is 5.75 Å². The molecule has 0 heterocycles. The number of ether oxygens (including phenoxy) is 2. The Kier molecular flexibility index (Phi) is 5.53. The van der Waals surface area contributed by atoms with E-state index in [0.29, 0.717) is 18.1 Å². The second-order valence-corrected chi connectivity index (χ2v) is 4.22. The van der Waals surface area contributed by atoms with Crippen LogP contribution in [0.4, 0.5) is 0 Å². The van der Waals surface area contributed by atoms with Gasteiger partial charge in [-0.2, -0.15) is 0 Å². The number of methoxy groups -OCH3 is 1. The van der Waals surface area contributed by atoms with Gasteiger partial charge in [0.2, 0.25) is 0 Å². The van der Waals surface area contributed by atoms with Gasteiger partial charge in [0, 0.05) is 0 Å². The summed E-state index contributed by atoms with van der Waals surface area (Å²) in [5, 5.41) is 0. The molecule has 0 aromatic heterocycles. The van der Waals surface area contributed by atoms with Crippen LogP contribution in [0.3, 0.4) is 0 Å². The van der Waals surface area contributed by atoms with Crippen LogP contribution >= 0.6 is 0 Å². The number of benzene rings is 1. The molecule has 0 amide bonds. The zero-order valence-corrected chi connectivity index (χ0v) is 10.7. The summed E-state index contributed by atoms with van der Waals surface area (Å²) in [4.78, 5) is 11.2. The first-order valence-electron chi connectivity index (χ1n) is 5.98. The van der Waals surface area contributed by atoms with Crippen molar-refractivity contribution in [2.45, 2.75) is 26.7 Å². The highest BCUT2D eigenvalue weighted by Crippen LogP contribution is 2.15. The summed E-state index contributed by atoms with van der Waals surface area (Å²) < 4.78 is 10.3. The van der Waals surface area contributed by atoms with Gasteiger partial charge in [0.15, 0.2) is 0 Å². The summed E-state index contributed by atoms with van der Waals surface area (Å²) in [6, 6.07) is 7.02. The Labute approximate surface area is 103 Å². The maximum absolute atomic E-state index is 11.2. The average Bonchev–Trinajstić information content (AvgIpc) is 2.36. The first kappa shape index (κ1) is 13.6. The van der Waals surface area contributed by atoms with E-state index >= 15 is 0 Å². The monoisotopic (exact) mass is 236 g/mol. The van der Waals surface area contributed by atoms with Crippen molar-refractivity contribution in [1.82, 2.24) is 0 Å². The number of esters is 1. The molecule has 0 saturated heterocycles. The van der Waals surface area contributed by atoms with Gasteiger partial charge in [-0.3, -0.25) is 0 Å². The molecule has 0 spiro atoms. The van der Waals surface area contributed by atoms with Crippen LogP contribution < -0.4 is 4.74 Å². The third-order valence-electron chi connectivity index (χ3n) is 2.59. The van der Waals surface area contributed by atoms with E-state index in [1.54, 1.807) is 24.3 Å². The van der Waals surface area contributed by atoms with Crippen LogP contribution in [-0.2, 0) is 4.74 Å². The van der Waals surface area contributed by atoms with Gasteiger partial charge in [-0.05, 0) is 36.6 Å². The highest BCUT2D eigenvalue weighted by atomic mass is 16.5. The van der Waals surface area contributed by atoms with Crippen LogP contribution in [0.1, 0.15) is 37.0 Å². The van der Waals surface area contributed by atoms with Gasteiger partial charge in [-0.15, -0.1) is 0 Å². The molecule has 0 saturated carbocycles. The van der Waals surface area contributed by atoms with Crippen molar-refractivity contribution in [3.05, 3.63) is 29.8 Å². The standard InChI is InChI=1S/C14H20O3/c1-4-5-11(2)10-17-13-8-6-12(7-9-13)14(15)16-3/h6-9,11H,4-5,10H2,1-3H3. The molecule has 1 unspecified atom stereocenters. The Morgan fingerprint density at radius 3 is 2.47 bits per heavy atom. The molecule has 0 N–H and O–H groups in total. The molecule has 94 valence electrons. The summed E-state index contributed by atoms with van der Waals surface area (Å²) in [7, 11) is 1.37. The molecule has 0 fully saturated rings. The van der Waals surface area contributed by atoms with E-state index in [0.717, 1.165) is 5.75 Å². The minimum Gasteiger partial charge on any atom is -0.493 e. The zero-order chi connectivity index (χ0) is 12.7. The highest BCUT2D eigenvalue weighted by Gasteiger charge is 2.05. The lowest BCUT2D eigenvalue weighted by Gasteiger charge is -2.12.